The van der Waals surface area contributed by atoms with Crippen LogP contribution in [0.4, 0.5) is 10.6 Å². The molecule has 0 saturated carbocycles. The minimum atomic E-state index is -0.478. The molecule has 1 aliphatic rings. The third kappa shape index (κ3) is 4.33. The molecule has 1 N–H and O–H groups in total. The molecule has 26 heavy (non-hydrogen) atoms. The first-order valence-corrected chi connectivity index (χ1v) is 8.91. The van der Waals surface area contributed by atoms with Crippen LogP contribution in [0, 0.1) is 5.92 Å². The summed E-state index contributed by atoms with van der Waals surface area (Å²) in [5.41, 5.74) is 1.14. The maximum atomic E-state index is 12.2. The second-order valence-electron chi connectivity index (χ2n) is 7.51. The molecule has 1 atom stereocenters. The number of likely N-dealkylation sites (tertiary alicyclic amines) is 1. The topological polar surface area (TPSA) is 76.6 Å². The van der Waals surface area contributed by atoms with E-state index in [1.807, 2.05) is 45.0 Å². The molecule has 1 saturated heterocycles. The molecule has 140 valence electrons. The van der Waals surface area contributed by atoms with Crippen LogP contribution >= 0.6 is 0 Å². The van der Waals surface area contributed by atoms with E-state index in [0.29, 0.717) is 31.4 Å². The number of nitrogens with one attached hydrogen (secondary N) is 1. The van der Waals surface area contributed by atoms with E-state index in [-0.39, 0.29) is 12.0 Å². The number of rotatable bonds is 4. The van der Waals surface area contributed by atoms with Gasteiger partial charge in [-0.3, -0.25) is 0 Å². The van der Waals surface area contributed by atoms with Gasteiger partial charge in [-0.1, -0.05) is 12.1 Å². The molecule has 1 aliphatic heterocycles. The van der Waals surface area contributed by atoms with Crippen molar-refractivity contribution in [2.75, 3.05) is 32.1 Å². The van der Waals surface area contributed by atoms with E-state index < -0.39 is 5.60 Å². The Hall–Kier alpha value is -2.57. The molecular formula is C19H26N4O3. The number of carbonyl (C=O) groups is 1. The Morgan fingerprint density at radius 3 is 2.62 bits per heavy atom. The van der Waals surface area contributed by atoms with Gasteiger partial charge >= 0.3 is 6.09 Å². The number of nitrogens with zero attached hydrogens (tertiary/aromatic N) is 3. The van der Waals surface area contributed by atoms with Gasteiger partial charge in [-0.15, -0.1) is 0 Å². The summed E-state index contributed by atoms with van der Waals surface area (Å²) in [4.78, 5) is 23.0. The third-order valence-electron chi connectivity index (χ3n) is 4.17. The molecule has 1 amide bonds. The van der Waals surface area contributed by atoms with E-state index in [9.17, 15) is 4.79 Å². The van der Waals surface area contributed by atoms with Gasteiger partial charge in [-0.25, -0.2) is 14.8 Å². The zero-order valence-electron chi connectivity index (χ0n) is 15.8. The van der Waals surface area contributed by atoms with E-state index >= 15 is 0 Å². The first-order chi connectivity index (χ1) is 12.4. The summed E-state index contributed by atoms with van der Waals surface area (Å²) in [6.07, 6.45) is 0.621. The second-order valence-corrected chi connectivity index (χ2v) is 7.51. The fourth-order valence-corrected chi connectivity index (χ4v) is 2.91. The van der Waals surface area contributed by atoms with E-state index in [4.69, 9.17) is 9.47 Å². The maximum absolute atomic E-state index is 12.2. The Labute approximate surface area is 153 Å². The van der Waals surface area contributed by atoms with Crippen LogP contribution in [0.3, 0.4) is 0 Å². The SMILES string of the molecule is CNc1nc2ccccc2nc1OCC1CCN(C(=O)OC(C)(C)C)C1. The van der Waals surface area contributed by atoms with Gasteiger partial charge in [0.05, 0.1) is 17.6 Å². The van der Waals surface area contributed by atoms with Crippen LogP contribution in [0.15, 0.2) is 24.3 Å². The number of fused-ring (bicyclic) bond motifs is 1. The molecule has 7 nitrogen and oxygen atoms in total. The average Bonchev–Trinajstić information content (AvgIpc) is 3.07. The monoisotopic (exact) mass is 358 g/mol. The van der Waals surface area contributed by atoms with Crippen LogP contribution in [0.25, 0.3) is 11.0 Å². The minimum Gasteiger partial charge on any atom is -0.475 e. The van der Waals surface area contributed by atoms with Gasteiger partial charge in [0.2, 0.25) is 0 Å². The van der Waals surface area contributed by atoms with E-state index in [0.717, 1.165) is 17.5 Å². The third-order valence-corrected chi connectivity index (χ3v) is 4.17. The van der Waals surface area contributed by atoms with Crippen molar-refractivity contribution in [3.63, 3.8) is 0 Å². The van der Waals surface area contributed by atoms with Crippen LogP contribution in [-0.4, -0.2) is 53.3 Å². The summed E-state index contributed by atoms with van der Waals surface area (Å²) < 4.78 is 11.4. The smallest absolute Gasteiger partial charge is 0.410 e. The highest BCUT2D eigenvalue weighted by Crippen LogP contribution is 2.25. The lowest BCUT2D eigenvalue weighted by Crippen LogP contribution is -2.35. The summed E-state index contributed by atoms with van der Waals surface area (Å²) in [7, 11) is 1.80. The van der Waals surface area contributed by atoms with E-state index in [2.05, 4.69) is 15.3 Å². The van der Waals surface area contributed by atoms with Crippen LogP contribution in [-0.2, 0) is 4.74 Å². The van der Waals surface area contributed by atoms with Crippen molar-refractivity contribution in [1.82, 2.24) is 14.9 Å². The zero-order valence-corrected chi connectivity index (χ0v) is 15.8. The Bertz CT molecular complexity index is 788. The molecule has 0 bridgehead atoms. The Morgan fingerprint density at radius 1 is 1.27 bits per heavy atom. The molecule has 0 radical (unpaired) electrons. The lowest BCUT2D eigenvalue weighted by molar-refractivity contribution is 0.0284. The average molecular weight is 358 g/mol. The summed E-state index contributed by atoms with van der Waals surface area (Å²) >= 11 is 0. The van der Waals surface area contributed by atoms with Gasteiger partial charge in [0, 0.05) is 26.1 Å². The van der Waals surface area contributed by atoms with Gasteiger partial charge in [0.25, 0.3) is 5.88 Å². The van der Waals surface area contributed by atoms with Gasteiger partial charge in [-0.2, -0.15) is 0 Å². The number of benzene rings is 1. The summed E-state index contributed by atoms with van der Waals surface area (Å²) in [5, 5.41) is 3.03. The highest BCUT2D eigenvalue weighted by atomic mass is 16.6. The van der Waals surface area contributed by atoms with Crippen molar-refractivity contribution >= 4 is 22.9 Å². The highest BCUT2D eigenvalue weighted by Gasteiger charge is 2.30. The van der Waals surface area contributed by atoms with Gasteiger partial charge < -0.3 is 19.7 Å². The Kier molecular flexibility index (Phi) is 5.15. The van der Waals surface area contributed by atoms with Crippen molar-refractivity contribution in [3.8, 4) is 5.88 Å². The molecule has 1 fully saturated rings. The van der Waals surface area contributed by atoms with Crippen LogP contribution in [0.2, 0.25) is 0 Å². The van der Waals surface area contributed by atoms with Crippen LogP contribution in [0.1, 0.15) is 27.2 Å². The predicted molar refractivity (Wildman–Crippen MR) is 100 cm³/mol. The molecule has 1 aromatic carbocycles. The maximum Gasteiger partial charge on any atom is 0.410 e. The molecule has 0 spiro atoms. The molecule has 1 unspecified atom stereocenters. The fourth-order valence-electron chi connectivity index (χ4n) is 2.91. The summed E-state index contributed by atoms with van der Waals surface area (Å²) in [6, 6.07) is 7.69. The lowest BCUT2D eigenvalue weighted by Gasteiger charge is -2.24. The number of anilines is 1. The van der Waals surface area contributed by atoms with E-state index in [1.165, 1.54) is 0 Å². The number of hydrogen-bond acceptors (Lipinski definition) is 6. The normalized spacial score (nSPS) is 17.4. The number of para-hydroxylation sites is 2. The highest BCUT2D eigenvalue weighted by molar-refractivity contribution is 5.77. The summed E-state index contributed by atoms with van der Waals surface area (Å²) in [6.45, 7) is 7.43. The van der Waals surface area contributed by atoms with Crippen LogP contribution < -0.4 is 10.1 Å². The predicted octanol–water partition coefficient (Wildman–Crippen LogP) is 3.31. The quantitative estimate of drug-likeness (QED) is 0.904. The molecule has 1 aromatic heterocycles. The number of hydrogen-bond donors (Lipinski definition) is 1. The van der Waals surface area contributed by atoms with Gasteiger partial charge in [-0.05, 0) is 39.3 Å². The zero-order chi connectivity index (χ0) is 18.7. The second kappa shape index (κ2) is 7.35. The molecule has 2 aromatic rings. The van der Waals surface area contributed by atoms with Crippen molar-refractivity contribution in [2.24, 2.45) is 5.92 Å². The van der Waals surface area contributed by atoms with Crippen molar-refractivity contribution in [2.45, 2.75) is 32.8 Å². The first kappa shape index (κ1) is 18.2. The first-order valence-electron chi connectivity index (χ1n) is 8.91. The molecule has 3 rings (SSSR count). The number of aromatic nitrogens is 2. The van der Waals surface area contributed by atoms with Crippen molar-refractivity contribution in [3.05, 3.63) is 24.3 Å². The van der Waals surface area contributed by atoms with Gasteiger partial charge in [0.15, 0.2) is 5.82 Å². The Balaban J connectivity index is 1.61. The van der Waals surface area contributed by atoms with Crippen LogP contribution in [0.5, 0.6) is 5.88 Å². The fraction of sp³-hybridized carbons (Fsp3) is 0.526. The van der Waals surface area contributed by atoms with Crippen molar-refractivity contribution in [1.29, 1.82) is 0 Å². The summed E-state index contributed by atoms with van der Waals surface area (Å²) in [5.74, 6) is 1.35. The van der Waals surface area contributed by atoms with Gasteiger partial charge in [0.1, 0.15) is 5.60 Å². The number of carbonyl (C=O) groups excluding carboxylic acids is 1. The molecule has 0 aliphatic carbocycles. The lowest BCUT2D eigenvalue weighted by atomic mass is 10.1. The Morgan fingerprint density at radius 2 is 1.96 bits per heavy atom. The number of ether oxygens (including phenoxy) is 2. The minimum absolute atomic E-state index is 0.250. The number of amides is 1. The molecule has 7 heteroatoms. The van der Waals surface area contributed by atoms with E-state index in [1.54, 1.807) is 11.9 Å². The molecule has 2 heterocycles. The largest absolute Gasteiger partial charge is 0.475 e. The van der Waals surface area contributed by atoms with Crippen molar-refractivity contribution < 1.29 is 14.3 Å². The standard InChI is InChI=1S/C19H26N4O3/c1-19(2,3)26-18(24)23-10-9-13(11-23)12-25-17-16(20-4)21-14-7-5-6-8-15(14)22-17/h5-8,13H,9-12H2,1-4H3,(H,20,21). The molecular weight excluding hydrogens is 332 g/mol.